The first-order valence-corrected chi connectivity index (χ1v) is 7.61. The minimum atomic E-state index is -0.451. The van der Waals surface area contributed by atoms with Gasteiger partial charge in [0.05, 0.1) is 12.7 Å². The van der Waals surface area contributed by atoms with Gasteiger partial charge in [0.15, 0.2) is 0 Å². The van der Waals surface area contributed by atoms with Crippen molar-refractivity contribution in [1.29, 1.82) is 0 Å². The molecule has 0 fully saturated rings. The molecular formula is C20H22O3. The van der Waals surface area contributed by atoms with Crippen molar-refractivity contribution >= 4 is 11.6 Å². The Morgan fingerprint density at radius 3 is 2.13 bits per heavy atom. The maximum absolute atomic E-state index is 9.23. The number of allylic oxidation sites excluding steroid dienone is 1. The summed E-state index contributed by atoms with van der Waals surface area (Å²) in [4.78, 5) is 0. The van der Waals surface area contributed by atoms with Crippen molar-refractivity contribution in [3.8, 4) is 11.5 Å². The second-order valence-electron chi connectivity index (χ2n) is 5.36. The number of rotatable bonds is 6. The Bertz CT molecular complexity index is 665. The monoisotopic (exact) mass is 310 g/mol. The van der Waals surface area contributed by atoms with E-state index in [9.17, 15) is 5.11 Å². The average Bonchev–Trinajstić information content (AvgIpc) is 2.55. The number of benzene rings is 2. The summed E-state index contributed by atoms with van der Waals surface area (Å²) in [5, 5.41) is 18.1. The van der Waals surface area contributed by atoms with Crippen LogP contribution in [0, 0.1) is 0 Å². The number of aliphatic hydroxyl groups is 2. The molecule has 3 nitrogen and oxygen atoms in total. The van der Waals surface area contributed by atoms with Gasteiger partial charge in [-0.1, -0.05) is 42.5 Å². The van der Waals surface area contributed by atoms with Gasteiger partial charge in [-0.15, -0.1) is 0 Å². The van der Waals surface area contributed by atoms with E-state index in [4.69, 9.17) is 9.84 Å². The molecule has 23 heavy (non-hydrogen) atoms. The number of ether oxygens (including phenoxy) is 1. The Morgan fingerprint density at radius 2 is 1.61 bits per heavy atom. The van der Waals surface area contributed by atoms with E-state index in [0.717, 1.165) is 28.2 Å². The van der Waals surface area contributed by atoms with E-state index < -0.39 is 6.10 Å². The molecule has 0 saturated carbocycles. The van der Waals surface area contributed by atoms with Crippen molar-refractivity contribution in [2.45, 2.75) is 20.0 Å². The summed E-state index contributed by atoms with van der Waals surface area (Å²) >= 11 is 0. The smallest absolute Gasteiger partial charge is 0.127 e. The topological polar surface area (TPSA) is 49.7 Å². The second kappa shape index (κ2) is 8.32. The van der Waals surface area contributed by atoms with Crippen LogP contribution in [-0.4, -0.2) is 22.9 Å². The molecule has 0 aliphatic heterocycles. The van der Waals surface area contributed by atoms with Crippen molar-refractivity contribution < 1.29 is 14.9 Å². The zero-order valence-electron chi connectivity index (χ0n) is 13.4. The van der Waals surface area contributed by atoms with Gasteiger partial charge in [-0.25, -0.2) is 0 Å². The van der Waals surface area contributed by atoms with E-state index in [1.54, 1.807) is 19.1 Å². The minimum Gasteiger partial charge on any atom is -0.457 e. The van der Waals surface area contributed by atoms with E-state index in [-0.39, 0.29) is 6.61 Å². The quantitative estimate of drug-likeness (QED) is 0.838. The Morgan fingerprint density at radius 1 is 1.04 bits per heavy atom. The Balaban J connectivity index is 2.03. The van der Waals surface area contributed by atoms with E-state index in [2.05, 4.69) is 0 Å². The van der Waals surface area contributed by atoms with Gasteiger partial charge in [0.25, 0.3) is 0 Å². The normalized spacial score (nSPS) is 13.3. The van der Waals surface area contributed by atoms with Crippen molar-refractivity contribution in [3.63, 3.8) is 0 Å². The minimum absolute atomic E-state index is 0.0416. The van der Waals surface area contributed by atoms with Crippen LogP contribution in [0.1, 0.15) is 25.0 Å². The fourth-order valence-corrected chi connectivity index (χ4v) is 2.07. The maximum Gasteiger partial charge on any atom is 0.127 e. The predicted octanol–water partition coefficient (Wildman–Crippen LogP) is 4.27. The molecule has 120 valence electrons. The zero-order chi connectivity index (χ0) is 16.7. The molecule has 1 unspecified atom stereocenters. The van der Waals surface area contributed by atoms with Crippen LogP contribution >= 0.6 is 0 Å². The Labute approximate surface area is 137 Å². The molecule has 0 aliphatic rings. The van der Waals surface area contributed by atoms with E-state index in [0.29, 0.717) is 0 Å². The molecule has 2 rings (SSSR count). The molecule has 0 heterocycles. The Hall–Kier alpha value is -2.36. The lowest BCUT2D eigenvalue weighted by Gasteiger charge is -2.07. The van der Waals surface area contributed by atoms with Crippen LogP contribution in [0.2, 0.25) is 0 Å². The first-order valence-electron chi connectivity index (χ1n) is 7.61. The van der Waals surface area contributed by atoms with Crippen LogP contribution in [-0.2, 0) is 0 Å². The molecular weight excluding hydrogens is 288 g/mol. The average molecular weight is 310 g/mol. The van der Waals surface area contributed by atoms with Gasteiger partial charge in [0.1, 0.15) is 11.5 Å². The molecule has 0 saturated heterocycles. The molecule has 2 N–H and O–H groups in total. The van der Waals surface area contributed by atoms with Gasteiger partial charge in [-0.3, -0.25) is 0 Å². The highest BCUT2D eigenvalue weighted by Gasteiger charge is 2.00. The molecule has 0 radical (unpaired) electrons. The fraction of sp³-hybridized carbons (Fsp3) is 0.200. The van der Waals surface area contributed by atoms with Gasteiger partial charge < -0.3 is 14.9 Å². The van der Waals surface area contributed by atoms with Gasteiger partial charge in [-0.05, 0) is 54.8 Å². The summed E-state index contributed by atoms with van der Waals surface area (Å²) in [6.07, 6.45) is 4.93. The van der Waals surface area contributed by atoms with E-state index in [1.807, 2.05) is 61.5 Å². The fourth-order valence-electron chi connectivity index (χ4n) is 2.07. The molecule has 0 amide bonds. The SMILES string of the molecule is CC(=CCO)c1ccc(Oc2ccc(C=CC(C)O)cc2)cc1. The number of hydrogen-bond acceptors (Lipinski definition) is 3. The lowest BCUT2D eigenvalue weighted by Crippen LogP contribution is -1.91. The molecule has 0 aromatic heterocycles. The third kappa shape index (κ3) is 5.40. The van der Waals surface area contributed by atoms with Crippen LogP contribution in [0.4, 0.5) is 0 Å². The van der Waals surface area contributed by atoms with Crippen LogP contribution in [0.5, 0.6) is 11.5 Å². The van der Waals surface area contributed by atoms with E-state index in [1.165, 1.54) is 0 Å². The lowest BCUT2D eigenvalue weighted by atomic mass is 10.1. The zero-order valence-corrected chi connectivity index (χ0v) is 13.4. The summed E-state index contributed by atoms with van der Waals surface area (Å²) in [6.45, 7) is 3.72. The highest BCUT2D eigenvalue weighted by Crippen LogP contribution is 2.24. The lowest BCUT2D eigenvalue weighted by molar-refractivity contribution is 0.245. The maximum atomic E-state index is 9.23. The van der Waals surface area contributed by atoms with Gasteiger partial charge in [0.2, 0.25) is 0 Å². The van der Waals surface area contributed by atoms with Gasteiger partial charge in [-0.2, -0.15) is 0 Å². The second-order valence-corrected chi connectivity index (χ2v) is 5.36. The van der Waals surface area contributed by atoms with Gasteiger partial charge in [0, 0.05) is 0 Å². The third-order valence-corrected chi connectivity index (χ3v) is 3.39. The summed E-state index contributed by atoms with van der Waals surface area (Å²) in [6, 6.07) is 15.4. The molecule has 3 heteroatoms. The first kappa shape index (κ1) is 17.0. The summed E-state index contributed by atoms with van der Waals surface area (Å²) in [5.41, 5.74) is 3.11. The first-order chi connectivity index (χ1) is 11.1. The van der Waals surface area contributed by atoms with Crippen molar-refractivity contribution in [3.05, 3.63) is 71.8 Å². The predicted molar refractivity (Wildman–Crippen MR) is 94.4 cm³/mol. The molecule has 0 bridgehead atoms. The summed E-state index contributed by atoms with van der Waals surface area (Å²) in [5.74, 6) is 1.52. The summed E-state index contributed by atoms with van der Waals surface area (Å²) < 4.78 is 5.81. The van der Waals surface area contributed by atoms with Crippen LogP contribution in [0.3, 0.4) is 0 Å². The molecule has 0 spiro atoms. The molecule has 2 aromatic carbocycles. The van der Waals surface area contributed by atoms with Crippen molar-refractivity contribution in [2.75, 3.05) is 6.61 Å². The highest BCUT2D eigenvalue weighted by molar-refractivity contribution is 5.64. The molecule has 2 aromatic rings. The standard InChI is InChI=1S/C20H22O3/c1-15(13-14-21)18-7-11-20(12-8-18)23-19-9-5-17(6-10-19)4-3-16(2)22/h3-13,16,21-22H,14H2,1-2H3. The number of hydrogen-bond donors (Lipinski definition) is 2. The third-order valence-electron chi connectivity index (χ3n) is 3.39. The molecule has 0 aliphatic carbocycles. The van der Waals surface area contributed by atoms with Crippen LogP contribution < -0.4 is 4.74 Å². The molecule has 1 atom stereocenters. The van der Waals surface area contributed by atoms with Crippen molar-refractivity contribution in [1.82, 2.24) is 0 Å². The highest BCUT2D eigenvalue weighted by atomic mass is 16.5. The summed E-state index contributed by atoms with van der Waals surface area (Å²) in [7, 11) is 0. The van der Waals surface area contributed by atoms with E-state index >= 15 is 0 Å². The number of aliphatic hydroxyl groups excluding tert-OH is 2. The van der Waals surface area contributed by atoms with Crippen LogP contribution in [0.25, 0.3) is 11.6 Å². The van der Waals surface area contributed by atoms with Crippen molar-refractivity contribution in [2.24, 2.45) is 0 Å². The largest absolute Gasteiger partial charge is 0.457 e. The van der Waals surface area contributed by atoms with Gasteiger partial charge >= 0.3 is 0 Å². The van der Waals surface area contributed by atoms with Crippen LogP contribution in [0.15, 0.2) is 60.7 Å². The Kier molecular flexibility index (Phi) is 6.15.